The fourth-order valence-corrected chi connectivity index (χ4v) is 3.07. The Morgan fingerprint density at radius 2 is 2.10 bits per heavy atom. The standard InChI is InChI=1S/C12H13ClN4O3S/c1-20-11-3-2-8(6-9(11)13)17-21(18,19)12-7-15-5-4-10(12)16-14/h2-7,17H,14H2,1H3,(H,15,16). The number of aromatic nitrogens is 1. The second-order valence-electron chi connectivity index (χ2n) is 3.97. The second-order valence-corrected chi connectivity index (χ2v) is 6.03. The number of nitrogens with zero attached hydrogens (tertiary/aromatic N) is 1. The summed E-state index contributed by atoms with van der Waals surface area (Å²) in [6.07, 6.45) is 2.63. The first-order chi connectivity index (χ1) is 9.97. The average Bonchev–Trinajstić information content (AvgIpc) is 2.47. The Kier molecular flexibility index (Phi) is 4.51. The molecule has 2 aromatic rings. The number of halogens is 1. The van der Waals surface area contributed by atoms with Gasteiger partial charge in [0.15, 0.2) is 0 Å². The minimum Gasteiger partial charge on any atom is -0.495 e. The average molecular weight is 329 g/mol. The minimum atomic E-state index is -3.85. The third kappa shape index (κ3) is 3.35. The highest BCUT2D eigenvalue weighted by Crippen LogP contribution is 2.29. The summed E-state index contributed by atoms with van der Waals surface area (Å²) in [4.78, 5) is 3.72. The van der Waals surface area contributed by atoms with Gasteiger partial charge in [0.25, 0.3) is 10.0 Å². The Hall–Kier alpha value is -2.03. The molecule has 7 nitrogen and oxygen atoms in total. The Labute approximate surface area is 127 Å². The largest absolute Gasteiger partial charge is 0.495 e. The Morgan fingerprint density at radius 1 is 1.33 bits per heavy atom. The third-order valence-electron chi connectivity index (χ3n) is 2.63. The number of hydrazine groups is 1. The summed E-state index contributed by atoms with van der Waals surface area (Å²) in [7, 11) is -2.37. The fourth-order valence-electron chi connectivity index (χ4n) is 1.65. The molecule has 0 aliphatic heterocycles. The van der Waals surface area contributed by atoms with Crippen molar-refractivity contribution in [2.75, 3.05) is 17.3 Å². The summed E-state index contributed by atoms with van der Waals surface area (Å²) in [5.74, 6) is 5.74. The van der Waals surface area contributed by atoms with E-state index < -0.39 is 10.0 Å². The van der Waals surface area contributed by atoms with Gasteiger partial charge < -0.3 is 10.2 Å². The van der Waals surface area contributed by atoms with Crippen LogP contribution in [0, 0.1) is 0 Å². The first kappa shape index (κ1) is 15.4. The van der Waals surface area contributed by atoms with Crippen LogP contribution in [-0.4, -0.2) is 20.5 Å². The molecule has 0 radical (unpaired) electrons. The quantitative estimate of drug-likeness (QED) is 0.571. The number of nitrogens with one attached hydrogen (secondary N) is 2. The lowest BCUT2D eigenvalue weighted by Gasteiger charge is -2.12. The van der Waals surface area contributed by atoms with Crippen molar-refractivity contribution in [1.82, 2.24) is 4.98 Å². The third-order valence-corrected chi connectivity index (χ3v) is 4.34. The van der Waals surface area contributed by atoms with E-state index in [0.717, 1.165) is 0 Å². The van der Waals surface area contributed by atoms with Gasteiger partial charge in [0.2, 0.25) is 0 Å². The van der Waals surface area contributed by atoms with Crippen LogP contribution in [0.5, 0.6) is 5.75 Å². The summed E-state index contributed by atoms with van der Waals surface area (Å²) in [6.45, 7) is 0. The van der Waals surface area contributed by atoms with E-state index in [2.05, 4.69) is 15.1 Å². The van der Waals surface area contributed by atoms with E-state index in [-0.39, 0.29) is 10.6 Å². The lowest BCUT2D eigenvalue weighted by Crippen LogP contribution is -2.17. The highest BCUT2D eigenvalue weighted by molar-refractivity contribution is 7.92. The normalized spacial score (nSPS) is 11.0. The van der Waals surface area contributed by atoms with Crippen molar-refractivity contribution in [2.45, 2.75) is 4.90 Å². The van der Waals surface area contributed by atoms with Crippen LogP contribution in [0.15, 0.2) is 41.6 Å². The van der Waals surface area contributed by atoms with Crippen molar-refractivity contribution in [3.8, 4) is 5.75 Å². The van der Waals surface area contributed by atoms with Crippen molar-refractivity contribution in [1.29, 1.82) is 0 Å². The Bertz CT molecular complexity index is 752. The van der Waals surface area contributed by atoms with Crippen LogP contribution < -0.4 is 20.7 Å². The van der Waals surface area contributed by atoms with Crippen LogP contribution in [0.2, 0.25) is 5.02 Å². The van der Waals surface area contributed by atoms with Gasteiger partial charge in [-0.25, -0.2) is 8.42 Å². The zero-order valence-corrected chi connectivity index (χ0v) is 12.6. The van der Waals surface area contributed by atoms with Gasteiger partial charge >= 0.3 is 0 Å². The molecular weight excluding hydrogens is 316 g/mol. The molecule has 1 aromatic carbocycles. The number of ether oxygens (including phenoxy) is 1. The van der Waals surface area contributed by atoms with E-state index in [4.69, 9.17) is 22.2 Å². The van der Waals surface area contributed by atoms with E-state index in [0.29, 0.717) is 16.5 Å². The van der Waals surface area contributed by atoms with E-state index in [1.54, 1.807) is 6.07 Å². The van der Waals surface area contributed by atoms with Crippen molar-refractivity contribution < 1.29 is 13.2 Å². The molecule has 0 atom stereocenters. The summed E-state index contributed by atoms with van der Waals surface area (Å²) < 4.78 is 32.1. The monoisotopic (exact) mass is 328 g/mol. The molecule has 1 aromatic heterocycles. The number of benzene rings is 1. The van der Waals surface area contributed by atoms with Crippen molar-refractivity contribution in [3.05, 3.63) is 41.7 Å². The summed E-state index contributed by atoms with van der Waals surface area (Å²) in [5.41, 5.74) is 2.84. The van der Waals surface area contributed by atoms with Crippen LogP contribution in [0.1, 0.15) is 0 Å². The molecular formula is C12H13ClN4O3S. The molecule has 0 amide bonds. The highest BCUT2D eigenvalue weighted by atomic mass is 35.5. The van der Waals surface area contributed by atoms with Gasteiger partial charge in [-0.3, -0.25) is 15.5 Å². The molecule has 0 aliphatic carbocycles. The molecule has 0 unspecified atom stereocenters. The van der Waals surface area contributed by atoms with E-state index in [9.17, 15) is 8.42 Å². The number of rotatable bonds is 5. The van der Waals surface area contributed by atoms with Crippen molar-refractivity contribution >= 4 is 33.0 Å². The van der Waals surface area contributed by atoms with Crippen LogP contribution in [0.3, 0.4) is 0 Å². The topological polar surface area (TPSA) is 106 Å². The predicted octanol–water partition coefficient (Wildman–Crippen LogP) is 1.83. The van der Waals surface area contributed by atoms with Gasteiger partial charge in [0, 0.05) is 12.4 Å². The number of hydrogen-bond acceptors (Lipinski definition) is 6. The summed E-state index contributed by atoms with van der Waals surface area (Å²) in [5, 5.41) is 0.293. The van der Waals surface area contributed by atoms with Gasteiger partial charge in [-0.05, 0) is 24.3 Å². The molecule has 0 bridgehead atoms. The van der Waals surface area contributed by atoms with Gasteiger partial charge in [-0.15, -0.1) is 0 Å². The first-order valence-electron chi connectivity index (χ1n) is 5.75. The maximum atomic E-state index is 12.3. The molecule has 0 fully saturated rings. The second kappa shape index (κ2) is 6.17. The SMILES string of the molecule is COc1ccc(NS(=O)(=O)c2cnccc2NN)cc1Cl. The molecule has 2 rings (SSSR count). The van der Waals surface area contributed by atoms with Crippen LogP contribution in [0.25, 0.3) is 0 Å². The molecule has 0 saturated heterocycles. The number of pyridine rings is 1. The lowest BCUT2D eigenvalue weighted by atomic mass is 10.3. The number of anilines is 2. The Balaban J connectivity index is 2.35. The van der Waals surface area contributed by atoms with E-state index in [1.165, 1.54) is 37.7 Å². The van der Waals surface area contributed by atoms with E-state index >= 15 is 0 Å². The molecule has 9 heteroatoms. The molecule has 112 valence electrons. The Morgan fingerprint density at radius 3 is 2.71 bits per heavy atom. The number of nitrogens with two attached hydrogens (primary N) is 1. The fraction of sp³-hybridized carbons (Fsp3) is 0.0833. The number of nitrogen functional groups attached to an aromatic ring is 1. The zero-order chi connectivity index (χ0) is 15.5. The van der Waals surface area contributed by atoms with Crippen LogP contribution in [0.4, 0.5) is 11.4 Å². The molecule has 0 aliphatic rings. The number of hydrogen-bond donors (Lipinski definition) is 3. The first-order valence-corrected chi connectivity index (χ1v) is 7.61. The van der Waals surface area contributed by atoms with Gasteiger partial charge in [0.1, 0.15) is 10.6 Å². The van der Waals surface area contributed by atoms with Crippen LogP contribution >= 0.6 is 11.6 Å². The maximum Gasteiger partial charge on any atom is 0.265 e. The van der Waals surface area contributed by atoms with E-state index in [1.807, 2.05) is 0 Å². The van der Waals surface area contributed by atoms with Gasteiger partial charge in [-0.1, -0.05) is 11.6 Å². The molecule has 0 spiro atoms. The molecule has 21 heavy (non-hydrogen) atoms. The molecule has 1 heterocycles. The number of methoxy groups -OCH3 is 1. The summed E-state index contributed by atoms with van der Waals surface area (Å²) >= 11 is 5.96. The smallest absolute Gasteiger partial charge is 0.265 e. The minimum absolute atomic E-state index is 0.0700. The predicted molar refractivity (Wildman–Crippen MR) is 80.9 cm³/mol. The van der Waals surface area contributed by atoms with Crippen molar-refractivity contribution in [2.24, 2.45) is 5.84 Å². The highest BCUT2D eigenvalue weighted by Gasteiger charge is 2.19. The van der Waals surface area contributed by atoms with Crippen molar-refractivity contribution in [3.63, 3.8) is 0 Å². The summed E-state index contributed by atoms with van der Waals surface area (Å²) in [6, 6.07) is 6.00. The zero-order valence-electron chi connectivity index (χ0n) is 11.0. The number of sulfonamides is 1. The maximum absolute atomic E-state index is 12.3. The van der Waals surface area contributed by atoms with Crippen LogP contribution in [-0.2, 0) is 10.0 Å². The van der Waals surface area contributed by atoms with Gasteiger partial charge in [-0.2, -0.15) is 0 Å². The lowest BCUT2D eigenvalue weighted by molar-refractivity contribution is 0.415. The molecule has 0 saturated carbocycles. The molecule has 4 N–H and O–H groups in total. The van der Waals surface area contributed by atoms with Gasteiger partial charge in [0.05, 0.1) is 23.5 Å².